The van der Waals surface area contributed by atoms with Crippen LogP contribution in [0.4, 0.5) is 0 Å². The van der Waals surface area contributed by atoms with E-state index in [1.807, 2.05) is 4.90 Å². The summed E-state index contributed by atoms with van der Waals surface area (Å²) in [5.74, 6) is 2.01. The third-order valence-corrected chi connectivity index (χ3v) is 10.1. The highest BCUT2D eigenvalue weighted by Gasteiger charge is 2.36. The van der Waals surface area contributed by atoms with Gasteiger partial charge in [-0.15, -0.1) is 0 Å². The number of amides is 1. The van der Waals surface area contributed by atoms with E-state index >= 15 is 0 Å². The Hall–Kier alpha value is -1.33. The monoisotopic (exact) mass is 513 g/mol. The number of sulfonamides is 1. The van der Waals surface area contributed by atoms with Crippen molar-refractivity contribution in [2.75, 3.05) is 64.6 Å². The lowest BCUT2D eigenvalue weighted by atomic mass is 10.1. The van der Waals surface area contributed by atoms with Crippen LogP contribution in [0.1, 0.15) is 31.4 Å². The molecular weight excluding hydrogens is 474 g/mol. The molecule has 0 spiro atoms. The second-order valence-corrected chi connectivity index (χ2v) is 11.9. The fraction of sp³-hybridized carbons (Fsp3) is 0.708. The van der Waals surface area contributed by atoms with Gasteiger partial charge in [0.05, 0.1) is 24.7 Å². The van der Waals surface area contributed by atoms with Crippen LogP contribution in [0, 0.1) is 13.8 Å². The molecule has 2 fully saturated rings. The minimum atomic E-state index is -3.70. The Morgan fingerprint density at radius 3 is 2.47 bits per heavy atom. The molecule has 0 bridgehead atoms. The molecule has 1 aromatic carbocycles. The van der Waals surface area contributed by atoms with Crippen molar-refractivity contribution < 1.29 is 22.7 Å². The molecule has 10 heteroatoms. The minimum absolute atomic E-state index is 0.0133. The Bertz CT molecular complexity index is 929. The number of rotatable bonds is 10. The zero-order valence-electron chi connectivity index (χ0n) is 21.1. The van der Waals surface area contributed by atoms with E-state index in [4.69, 9.17) is 9.47 Å². The van der Waals surface area contributed by atoms with Crippen LogP contribution < -0.4 is 4.74 Å². The number of ether oxygens (including phenoxy) is 2. The van der Waals surface area contributed by atoms with Crippen molar-refractivity contribution in [3.63, 3.8) is 0 Å². The van der Waals surface area contributed by atoms with Gasteiger partial charge in [-0.25, -0.2) is 8.42 Å². The summed E-state index contributed by atoms with van der Waals surface area (Å²) in [7, 11) is -2.13. The van der Waals surface area contributed by atoms with Crippen molar-refractivity contribution in [2.45, 2.75) is 51.1 Å². The largest absolute Gasteiger partial charge is 0.497 e. The van der Waals surface area contributed by atoms with Crippen LogP contribution in [0.15, 0.2) is 17.0 Å². The predicted molar refractivity (Wildman–Crippen MR) is 136 cm³/mol. The molecule has 1 aromatic rings. The number of hydrogen-bond acceptors (Lipinski definition) is 7. The Balaban J connectivity index is 1.62. The zero-order chi connectivity index (χ0) is 24.9. The fourth-order valence-corrected chi connectivity index (χ4v) is 8.30. The maximum atomic E-state index is 13.6. The van der Waals surface area contributed by atoms with E-state index in [0.717, 1.165) is 38.4 Å². The van der Waals surface area contributed by atoms with Gasteiger partial charge in [0.2, 0.25) is 15.9 Å². The van der Waals surface area contributed by atoms with Crippen molar-refractivity contribution in [1.82, 2.24) is 14.1 Å². The summed E-state index contributed by atoms with van der Waals surface area (Å²) in [6.07, 6.45) is 0.985. The number of aryl methyl sites for hydroxylation is 2. The first-order chi connectivity index (χ1) is 16.2. The summed E-state index contributed by atoms with van der Waals surface area (Å²) < 4.78 is 39.9. The molecule has 0 N–H and O–H groups in total. The van der Waals surface area contributed by atoms with E-state index < -0.39 is 10.0 Å². The van der Waals surface area contributed by atoms with Gasteiger partial charge in [0.25, 0.3) is 0 Å². The highest BCUT2D eigenvalue weighted by atomic mass is 32.2. The lowest BCUT2D eigenvalue weighted by molar-refractivity contribution is -0.135. The van der Waals surface area contributed by atoms with Crippen molar-refractivity contribution in [3.8, 4) is 5.75 Å². The molecule has 0 aromatic heterocycles. The summed E-state index contributed by atoms with van der Waals surface area (Å²) in [4.78, 5) is 17.3. The van der Waals surface area contributed by atoms with Crippen molar-refractivity contribution in [3.05, 3.63) is 23.3 Å². The standard InChI is InChI=1S/C24H39N3O5S2/c1-6-25(7-2)20-8-9-26(14-20)23(28)16-32-15-21-17-33-11-10-27(21)34(29,30)24-18(3)12-22(31-5)13-19(24)4/h12-13,20-21H,6-11,14-17H2,1-5H3. The number of methoxy groups -OCH3 is 1. The number of likely N-dealkylation sites (tertiary alicyclic amines) is 1. The van der Waals surface area contributed by atoms with Crippen LogP contribution in [0.3, 0.4) is 0 Å². The number of carbonyl (C=O) groups excluding carboxylic acids is 1. The third-order valence-electron chi connectivity index (χ3n) is 6.79. The predicted octanol–water partition coefficient (Wildman–Crippen LogP) is 2.38. The molecule has 0 saturated carbocycles. The Kier molecular flexibility index (Phi) is 9.68. The second kappa shape index (κ2) is 12.1. The van der Waals surface area contributed by atoms with Gasteiger partial charge in [0.1, 0.15) is 12.4 Å². The van der Waals surface area contributed by atoms with E-state index in [-0.39, 0.29) is 25.2 Å². The van der Waals surface area contributed by atoms with Crippen LogP contribution in [0.5, 0.6) is 5.75 Å². The van der Waals surface area contributed by atoms with E-state index in [0.29, 0.717) is 40.1 Å². The highest BCUT2D eigenvalue weighted by molar-refractivity contribution is 7.99. The van der Waals surface area contributed by atoms with Gasteiger partial charge < -0.3 is 14.4 Å². The van der Waals surface area contributed by atoms with E-state index in [9.17, 15) is 13.2 Å². The van der Waals surface area contributed by atoms with Gasteiger partial charge in [0.15, 0.2) is 0 Å². The summed E-state index contributed by atoms with van der Waals surface area (Å²) in [5.41, 5.74) is 1.34. The number of likely N-dealkylation sites (N-methyl/N-ethyl adjacent to an activating group) is 1. The first-order valence-electron chi connectivity index (χ1n) is 12.1. The average molecular weight is 514 g/mol. The second-order valence-electron chi connectivity index (χ2n) is 8.95. The molecular formula is C24H39N3O5S2. The van der Waals surface area contributed by atoms with Gasteiger partial charge >= 0.3 is 0 Å². The van der Waals surface area contributed by atoms with E-state index in [1.54, 1.807) is 49.2 Å². The quantitative estimate of drug-likeness (QED) is 0.475. The van der Waals surface area contributed by atoms with Gasteiger partial charge in [-0.3, -0.25) is 9.69 Å². The first-order valence-corrected chi connectivity index (χ1v) is 14.7. The summed E-state index contributed by atoms with van der Waals surface area (Å²) in [6.45, 7) is 12.0. The molecule has 2 unspecified atom stereocenters. The molecule has 34 heavy (non-hydrogen) atoms. The van der Waals surface area contributed by atoms with Gasteiger partial charge in [-0.2, -0.15) is 16.1 Å². The molecule has 2 heterocycles. The third kappa shape index (κ3) is 6.07. The summed E-state index contributed by atoms with van der Waals surface area (Å²) in [6, 6.07) is 3.61. The molecule has 2 aliphatic heterocycles. The van der Waals surface area contributed by atoms with Gasteiger partial charge in [-0.1, -0.05) is 13.8 Å². The minimum Gasteiger partial charge on any atom is -0.497 e. The van der Waals surface area contributed by atoms with Crippen molar-refractivity contribution >= 4 is 27.7 Å². The zero-order valence-corrected chi connectivity index (χ0v) is 22.7. The SMILES string of the molecule is CCN(CC)C1CCN(C(=O)COCC2CSCCN2S(=O)(=O)c2c(C)cc(OC)cc2C)C1. The maximum absolute atomic E-state index is 13.6. The number of hydrogen-bond donors (Lipinski definition) is 0. The molecule has 0 aliphatic carbocycles. The van der Waals surface area contributed by atoms with Crippen LogP contribution in [0.25, 0.3) is 0 Å². The van der Waals surface area contributed by atoms with Gasteiger partial charge in [0, 0.05) is 37.2 Å². The van der Waals surface area contributed by atoms with Crippen LogP contribution in [0.2, 0.25) is 0 Å². The lowest BCUT2D eigenvalue weighted by Crippen LogP contribution is -2.49. The maximum Gasteiger partial charge on any atom is 0.248 e. The average Bonchev–Trinajstić information content (AvgIpc) is 3.29. The molecule has 2 saturated heterocycles. The molecule has 1 amide bonds. The summed E-state index contributed by atoms with van der Waals surface area (Å²) >= 11 is 1.72. The normalized spacial score (nSPS) is 21.9. The Labute approximate surface area is 209 Å². The number of benzene rings is 1. The number of thioether (sulfide) groups is 1. The Morgan fingerprint density at radius 1 is 1.18 bits per heavy atom. The van der Waals surface area contributed by atoms with Crippen LogP contribution >= 0.6 is 11.8 Å². The Morgan fingerprint density at radius 2 is 1.85 bits per heavy atom. The summed E-state index contributed by atoms with van der Waals surface area (Å²) in [5, 5.41) is 0. The van der Waals surface area contributed by atoms with E-state index in [1.165, 1.54) is 0 Å². The van der Waals surface area contributed by atoms with Crippen molar-refractivity contribution in [2.24, 2.45) is 0 Å². The van der Waals surface area contributed by atoms with Gasteiger partial charge in [-0.05, 0) is 56.6 Å². The molecule has 2 atom stereocenters. The van der Waals surface area contributed by atoms with Crippen molar-refractivity contribution in [1.29, 1.82) is 0 Å². The molecule has 2 aliphatic rings. The molecule has 192 valence electrons. The number of carbonyl (C=O) groups is 1. The first kappa shape index (κ1) is 27.3. The molecule has 0 radical (unpaired) electrons. The van der Waals surface area contributed by atoms with E-state index in [2.05, 4.69) is 18.7 Å². The van der Waals surface area contributed by atoms with Crippen LogP contribution in [-0.2, 0) is 19.6 Å². The smallest absolute Gasteiger partial charge is 0.248 e. The fourth-order valence-electron chi connectivity index (χ4n) is 5.02. The molecule has 3 rings (SSSR count). The number of nitrogens with zero attached hydrogens (tertiary/aromatic N) is 3. The topological polar surface area (TPSA) is 79.4 Å². The lowest BCUT2D eigenvalue weighted by Gasteiger charge is -2.35. The van der Waals surface area contributed by atoms with Crippen LogP contribution in [-0.4, -0.2) is 105 Å². The highest BCUT2D eigenvalue weighted by Crippen LogP contribution is 2.31. The molecule has 8 nitrogen and oxygen atoms in total.